The summed E-state index contributed by atoms with van der Waals surface area (Å²) in [5.41, 5.74) is 7.32. The first kappa shape index (κ1) is 4.61. The van der Waals surface area contributed by atoms with Crippen molar-refractivity contribution in [2.75, 3.05) is 0 Å². The second-order valence-corrected chi connectivity index (χ2v) is 1.74. The van der Waals surface area contributed by atoms with Crippen molar-refractivity contribution in [3.8, 4) is 0 Å². The molecule has 0 bridgehead atoms. The first-order valence-electron chi connectivity index (χ1n) is 2.11. The Bertz CT molecular complexity index is 97.9. The Morgan fingerprint density at radius 2 is 2.57 bits per heavy atom. The molecular formula is C4H8N2O. The van der Waals surface area contributed by atoms with Crippen LogP contribution in [0, 0.1) is 0 Å². The molecule has 0 spiro atoms. The van der Waals surface area contributed by atoms with Gasteiger partial charge in [0.1, 0.15) is 0 Å². The van der Waals surface area contributed by atoms with Gasteiger partial charge in [-0.1, -0.05) is 0 Å². The van der Waals surface area contributed by atoms with Gasteiger partial charge in [0.25, 0.3) is 0 Å². The molecule has 0 amide bonds. The van der Waals surface area contributed by atoms with Gasteiger partial charge < -0.3 is 0 Å². The fraction of sp³-hybridized carbons (Fsp3) is 0.500. The van der Waals surface area contributed by atoms with Gasteiger partial charge in [-0.25, -0.2) is 0 Å². The molecule has 3 nitrogen and oxygen atoms in total. The summed E-state index contributed by atoms with van der Waals surface area (Å²) in [5.74, 6) is 0. The highest BCUT2D eigenvalue weighted by atomic mass is 16.7. The lowest BCUT2D eigenvalue weighted by atomic mass is 10.3. The van der Waals surface area contributed by atoms with E-state index in [4.69, 9.17) is 10.6 Å². The van der Waals surface area contributed by atoms with Crippen molar-refractivity contribution in [2.45, 2.75) is 12.6 Å². The van der Waals surface area contributed by atoms with E-state index in [1.165, 1.54) is 0 Å². The van der Waals surface area contributed by atoms with Gasteiger partial charge in [-0.3, -0.25) is 16.1 Å². The molecular weight excluding hydrogens is 92.1 g/mol. The van der Waals surface area contributed by atoms with Crippen LogP contribution in [0.5, 0.6) is 0 Å². The lowest BCUT2D eigenvalue weighted by Gasteiger charge is -2.11. The second kappa shape index (κ2) is 1.21. The monoisotopic (exact) mass is 100 g/mol. The van der Waals surface area contributed by atoms with Gasteiger partial charge in [0.15, 0.2) is 5.72 Å². The maximum absolute atomic E-state index is 5.41. The largest absolute Gasteiger partial charge is 0.298 e. The molecule has 1 aliphatic heterocycles. The molecule has 0 aromatic rings. The van der Waals surface area contributed by atoms with Crippen molar-refractivity contribution in [1.29, 1.82) is 0 Å². The summed E-state index contributed by atoms with van der Waals surface area (Å²) in [5, 5.41) is 0. The first-order chi connectivity index (χ1) is 3.21. The van der Waals surface area contributed by atoms with Crippen molar-refractivity contribution >= 4 is 0 Å². The topological polar surface area (TPSA) is 47.3 Å². The zero-order chi connectivity index (χ0) is 5.33. The molecule has 40 valence electrons. The van der Waals surface area contributed by atoms with Crippen LogP contribution in [0.3, 0.4) is 0 Å². The van der Waals surface area contributed by atoms with E-state index in [1.54, 1.807) is 19.2 Å². The van der Waals surface area contributed by atoms with Gasteiger partial charge in [0, 0.05) is 6.20 Å². The van der Waals surface area contributed by atoms with Crippen LogP contribution in [0.25, 0.3) is 0 Å². The van der Waals surface area contributed by atoms with Gasteiger partial charge in [-0.2, -0.15) is 0 Å². The summed E-state index contributed by atoms with van der Waals surface area (Å²) in [4.78, 5) is 4.76. The second-order valence-electron chi connectivity index (χ2n) is 1.74. The summed E-state index contributed by atoms with van der Waals surface area (Å²) >= 11 is 0. The molecule has 1 aliphatic rings. The van der Waals surface area contributed by atoms with Crippen LogP contribution in [0.4, 0.5) is 0 Å². The predicted octanol–water partition coefficient (Wildman–Crippen LogP) is -0.290. The van der Waals surface area contributed by atoms with E-state index in [9.17, 15) is 0 Å². The molecule has 0 fully saturated rings. The average molecular weight is 100 g/mol. The maximum atomic E-state index is 5.41. The van der Waals surface area contributed by atoms with Crippen molar-refractivity contribution in [3.63, 3.8) is 0 Å². The van der Waals surface area contributed by atoms with Crippen molar-refractivity contribution < 1.29 is 4.84 Å². The van der Waals surface area contributed by atoms with Crippen LogP contribution >= 0.6 is 0 Å². The van der Waals surface area contributed by atoms with Gasteiger partial charge in [-0.05, 0) is 13.0 Å². The Hall–Kier alpha value is -0.540. The molecule has 0 aromatic heterocycles. The summed E-state index contributed by atoms with van der Waals surface area (Å²) < 4.78 is 0. The van der Waals surface area contributed by atoms with E-state index >= 15 is 0 Å². The Kier molecular flexibility index (Phi) is 0.800. The number of hydrogen-bond acceptors (Lipinski definition) is 3. The minimum absolute atomic E-state index is 0.597. The van der Waals surface area contributed by atoms with Gasteiger partial charge in [0.2, 0.25) is 0 Å². The molecule has 0 saturated carbocycles. The molecule has 0 aromatic carbocycles. The highest BCUT2D eigenvalue weighted by molar-refractivity contribution is 4.97. The standard InChI is InChI=1S/C4H8N2O/c1-4(5)2-3-6-7-4/h2-3,6H,5H2,1H3. The quantitative estimate of drug-likeness (QED) is 0.439. The van der Waals surface area contributed by atoms with Crippen LogP contribution in [-0.4, -0.2) is 5.72 Å². The summed E-state index contributed by atoms with van der Waals surface area (Å²) in [7, 11) is 0. The van der Waals surface area contributed by atoms with Crippen molar-refractivity contribution in [1.82, 2.24) is 5.48 Å². The molecule has 0 aliphatic carbocycles. The maximum Gasteiger partial charge on any atom is 0.161 e. The molecule has 0 saturated heterocycles. The van der Waals surface area contributed by atoms with Crippen LogP contribution in [-0.2, 0) is 4.84 Å². The van der Waals surface area contributed by atoms with Gasteiger partial charge in [0.05, 0.1) is 0 Å². The first-order valence-corrected chi connectivity index (χ1v) is 2.11. The lowest BCUT2D eigenvalue weighted by molar-refractivity contribution is -0.0198. The minimum atomic E-state index is -0.597. The van der Waals surface area contributed by atoms with E-state index in [1.807, 2.05) is 0 Å². The zero-order valence-electron chi connectivity index (χ0n) is 4.14. The van der Waals surface area contributed by atoms with E-state index in [0.717, 1.165) is 0 Å². The van der Waals surface area contributed by atoms with E-state index in [-0.39, 0.29) is 0 Å². The van der Waals surface area contributed by atoms with E-state index in [2.05, 4.69) is 5.48 Å². The third-order valence-electron chi connectivity index (χ3n) is 0.761. The third-order valence-corrected chi connectivity index (χ3v) is 0.761. The number of nitrogens with two attached hydrogens (primary N) is 1. The van der Waals surface area contributed by atoms with E-state index in [0.29, 0.717) is 0 Å². The third kappa shape index (κ3) is 0.913. The number of rotatable bonds is 0. The zero-order valence-corrected chi connectivity index (χ0v) is 4.14. The van der Waals surface area contributed by atoms with E-state index < -0.39 is 5.72 Å². The minimum Gasteiger partial charge on any atom is -0.298 e. The molecule has 3 heteroatoms. The van der Waals surface area contributed by atoms with Gasteiger partial charge in [-0.15, -0.1) is 0 Å². The normalized spacial score (nSPS) is 38.6. The Morgan fingerprint density at radius 1 is 1.86 bits per heavy atom. The smallest absolute Gasteiger partial charge is 0.161 e. The Labute approximate surface area is 42.1 Å². The van der Waals surface area contributed by atoms with Crippen LogP contribution in [0.2, 0.25) is 0 Å². The SMILES string of the molecule is CC1(N)C=CNO1. The molecule has 1 rings (SSSR count). The number of hydrogen-bond donors (Lipinski definition) is 2. The summed E-state index contributed by atoms with van der Waals surface area (Å²) in [6.07, 6.45) is 3.41. The Morgan fingerprint density at radius 3 is 2.71 bits per heavy atom. The molecule has 1 unspecified atom stereocenters. The molecule has 7 heavy (non-hydrogen) atoms. The summed E-state index contributed by atoms with van der Waals surface area (Å²) in [6, 6.07) is 0. The fourth-order valence-electron chi connectivity index (χ4n) is 0.394. The molecule has 1 atom stereocenters. The average Bonchev–Trinajstić information content (AvgIpc) is 1.84. The van der Waals surface area contributed by atoms with Crippen LogP contribution in [0.15, 0.2) is 12.3 Å². The molecule has 0 radical (unpaired) electrons. The Balaban J connectivity index is 2.57. The lowest BCUT2D eigenvalue weighted by Crippen LogP contribution is -2.35. The predicted molar refractivity (Wildman–Crippen MR) is 26.0 cm³/mol. The van der Waals surface area contributed by atoms with Crippen LogP contribution in [0.1, 0.15) is 6.92 Å². The highest BCUT2D eigenvalue weighted by Gasteiger charge is 2.17. The van der Waals surface area contributed by atoms with Gasteiger partial charge >= 0.3 is 0 Å². The number of nitrogens with one attached hydrogen (secondary N) is 1. The fourth-order valence-corrected chi connectivity index (χ4v) is 0.394. The highest BCUT2D eigenvalue weighted by Crippen LogP contribution is 2.04. The number of hydroxylamine groups is 1. The van der Waals surface area contributed by atoms with Crippen molar-refractivity contribution in [3.05, 3.63) is 12.3 Å². The van der Waals surface area contributed by atoms with Crippen molar-refractivity contribution in [2.24, 2.45) is 5.73 Å². The molecule has 3 N–H and O–H groups in total. The summed E-state index contributed by atoms with van der Waals surface area (Å²) in [6.45, 7) is 1.77. The van der Waals surface area contributed by atoms with Crippen LogP contribution < -0.4 is 11.2 Å². The molecule has 1 heterocycles.